The van der Waals surface area contributed by atoms with Crippen molar-refractivity contribution in [1.29, 1.82) is 0 Å². The van der Waals surface area contributed by atoms with E-state index < -0.39 is 0 Å². The molecule has 0 radical (unpaired) electrons. The van der Waals surface area contributed by atoms with Gasteiger partial charge in [0.1, 0.15) is 5.75 Å². The van der Waals surface area contributed by atoms with Crippen LogP contribution in [0, 0.1) is 0 Å². The summed E-state index contributed by atoms with van der Waals surface area (Å²) in [6, 6.07) is 1.73. The number of aromatic hydroxyl groups is 1. The monoisotopic (exact) mass is 261 g/mol. The number of aromatic nitrogens is 5. The molecular formula is C11H11N5OS. The molecule has 3 aromatic heterocycles. The van der Waals surface area contributed by atoms with E-state index in [1.54, 1.807) is 16.8 Å². The average Bonchev–Trinajstić information content (AvgIpc) is 2.88. The number of hydrogen-bond acceptors (Lipinski definition) is 6. The maximum Gasteiger partial charge on any atom is 0.234 e. The quantitative estimate of drug-likeness (QED) is 0.764. The zero-order valence-electron chi connectivity index (χ0n) is 9.90. The summed E-state index contributed by atoms with van der Waals surface area (Å²) in [6.45, 7) is 4.08. The number of nitrogens with zero attached hydrogens (tertiary/aromatic N) is 5. The number of pyridine rings is 1. The van der Waals surface area contributed by atoms with Gasteiger partial charge in [0, 0.05) is 12.1 Å². The van der Waals surface area contributed by atoms with E-state index in [1.807, 2.05) is 13.8 Å². The highest BCUT2D eigenvalue weighted by molar-refractivity contribution is 7.19. The fraction of sp³-hybridized carbons (Fsp3) is 0.273. The van der Waals surface area contributed by atoms with Crippen LogP contribution < -0.4 is 0 Å². The Morgan fingerprint density at radius 3 is 2.89 bits per heavy atom. The molecule has 7 heteroatoms. The van der Waals surface area contributed by atoms with E-state index in [9.17, 15) is 5.11 Å². The largest absolute Gasteiger partial charge is 0.506 e. The summed E-state index contributed by atoms with van der Waals surface area (Å²) in [5.41, 5.74) is 0.662. The maximum atomic E-state index is 9.76. The van der Waals surface area contributed by atoms with E-state index >= 15 is 0 Å². The maximum absolute atomic E-state index is 9.76. The van der Waals surface area contributed by atoms with Gasteiger partial charge in [0.25, 0.3) is 0 Å². The first-order valence-electron chi connectivity index (χ1n) is 5.52. The lowest BCUT2D eigenvalue weighted by atomic mass is 10.2. The van der Waals surface area contributed by atoms with Crippen molar-refractivity contribution < 1.29 is 5.11 Å². The topological polar surface area (TPSA) is 76.2 Å². The van der Waals surface area contributed by atoms with Gasteiger partial charge in [-0.2, -0.15) is 9.61 Å². The van der Waals surface area contributed by atoms with Gasteiger partial charge in [-0.15, -0.1) is 10.2 Å². The van der Waals surface area contributed by atoms with E-state index in [1.165, 1.54) is 17.5 Å². The van der Waals surface area contributed by atoms with Gasteiger partial charge in [0.2, 0.25) is 4.96 Å². The summed E-state index contributed by atoms with van der Waals surface area (Å²) in [6.07, 6.45) is 3.03. The van der Waals surface area contributed by atoms with Crippen molar-refractivity contribution in [2.75, 3.05) is 0 Å². The fourth-order valence-electron chi connectivity index (χ4n) is 1.67. The SMILES string of the molecule is CC(C)c1nnc2sc(-c3ccncc3O)nn12. The second-order valence-electron chi connectivity index (χ2n) is 4.21. The first-order chi connectivity index (χ1) is 8.66. The van der Waals surface area contributed by atoms with Crippen molar-refractivity contribution in [3.05, 3.63) is 24.3 Å². The molecule has 18 heavy (non-hydrogen) atoms. The van der Waals surface area contributed by atoms with Crippen LogP contribution in [0.5, 0.6) is 5.75 Å². The molecule has 0 amide bonds. The predicted molar refractivity (Wildman–Crippen MR) is 67.6 cm³/mol. The molecule has 0 saturated heterocycles. The Morgan fingerprint density at radius 2 is 2.17 bits per heavy atom. The van der Waals surface area contributed by atoms with Gasteiger partial charge in [-0.3, -0.25) is 4.98 Å². The van der Waals surface area contributed by atoms with Gasteiger partial charge in [0.15, 0.2) is 10.8 Å². The molecule has 0 aliphatic rings. The molecule has 3 heterocycles. The number of rotatable bonds is 2. The van der Waals surface area contributed by atoms with Crippen molar-refractivity contribution in [2.45, 2.75) is 19.8 Å². The molecule has 0 spiro atoms. The van der Waals surface area contributed by atoms with Crippen molar-refractivity contribution in [1.82, 2.24) is 24.8 Å². The number of fused-ring (bicyclic) bond motifs is 1. The van der Waals surface area contributed by atoms with Crippen LogP contribution in [0.2, 0.25) is 0 Å². The van der Waals surface area contributed by atoms with Gasteiger partial charge in [0.05, 0.1) is 11.8 Å². The normalized spacial score (nSPS) is 11.5. The second-order valence-corrected chi connectivity index (χ2v) is 5.16. The highest BCUT2D eigenvalue weighted by atomic mass is 32.1. The van der Waals surface area contributed by atoms with Gasteiger partial charge >= 0.3 is 0 Å². The molecule has 0 saturated carbocycles. The molecule has 0 unspecified atom stereocenters. The van der Waals surface area contributed by atoms with E-state index in [2.05, 4.69) is 20.3 Å². The highest BCUT2D eigenvalue weighted by Crippen LogP contribution is 2.31. The van der Waals surface area contributed by atoms with Crippen molar-refractivity contribution >= 4 is 16.3 Å². The molecule has 0 aliphatic heterocycles. The van der Waals surface area contributed by atoms with Crippen LogP contribution in [-0.4, -0.2) is 29.9 Å². The third-order valence-corrected chi connectivity index (χ3v) is 3.49. The minimum atomic E-state index is 0.119. The van der Waals surface area contributed by atoms with Gasteiger partial charge in [-0.1, -0.05) is 25.2 Å². The summed E-state index contributed by atoms with van der Waals surface area (Å²) in [5.74, 6) is 1.19. The standard InChI is InChI=1S/C11H11N5OS/c1-6(2)9-13-14-11-16(9)15-10(18-11)7-3-4-12-5-8(7)17/h3-6,17H,1-2H3. The predicted octanol–water partition coefficient (Wildman–Crippen LogP) is 2.08. The molecule has 6 nitrogen and oxygen atoms in total. The Hall–Kier alpha value is -2.02. The summed E-state index contributed by atoms with van der Waals surface area (Å²) in [4.78, 5) is 4.58. The Labute approximate surface area is 107 Å². The first-order valence-corrected chi connectivity index (χ1v) is 6.34. The Morgan fingerprint density at radius 1 is 1.33 bits per heavy atom. The molecule has 92 valence electrons. The van der Waals surface area contributed by atoms with Crippen LogP contribution in [-0.2, 0) is 0 Å². The molecule has 0 atom stereocenters. The zero-order chi connectivity index (χ0) is 12.7. The van der Waals surface area contributed by atoms with Crippen LogP contribution in [0.4, 0.5) is 0 Å². The molecule has 0 bridgehead atoms. The zero-order valence-corrected chi connectivity index (χ0v) is 10.7. The molecule has 3 aromatic rings. The van der Waals surface area contributed by atoms with E-state index in [-0.39, 0.29) is 11.7 Å². The Bertz CT molecular complexity index is 702. The van der Waals surface area contributed by atoms with Gasteiger partial charge in [-0.05, 0) is 6.07 Å². The van der Waals surface area contributed by atoms with Crippen LogP contribution in [0.15, 0.2) is 18.5 Å². The minimum Gasteiger partial charge on any atom is -0.506 e. The third-order valence-electron chi connectivity index (χ3n) is 2.56. The highest BCUT2D eigenvalue weighted by Gasteiger charge is 2.16. The first kappa shape index (κ1) is 11.1. The van der Waals surface area contributed by atoms with Crippen LogP contribution >= 0.6 is 11.3 Å². The Kier molecular flexibility index (Phi) is 2.48. The summed E-state index contributed by atoms with van der Waals surface area (Å²) in [7, 11) is 0. The lowest BCUT2D eigenvalue weighted by Gasteiger charge is -1.99. The van der Waals surface area contributed by atoms with E-state index in [0.29, 0.717) is 10.6 Å². The Balaban J connectivity index is 2.17. The van der Waals surface area contributed by atoms with E-state index in [4.69, 9.17) is 0 Å². The van der Waals surface area contributed by atoms with E-state index in [0.717, 1.165) is 10.8 Å². The smallest absolute Gasteiger partial charge is 0.234 e. The molecule has 3 rings (SSSR count). The van der Waals surface area contributed by atoms with Crippen molar-refractivity contribution in [3.8, 4) is 16.3 Å². The summed E-state index contributed by atoms with van der Waals surface area (Å²) in [5, 5.41) is 23.1. The minimum absolute atomic E-state index is 0.119. The molecular weight excluding hydrogens is 250 g/mol. The second kappa shape index (κ2) is 4.02. The van der Waals surface area contributed by atoms with Crippen LogP contribution in [0.1, 0.15) is 25.6 Å². The lowest BCUT2D eigenvalue weighted by molar-refractivity contribution is 0.474. The lowest BCUT2D eigenvalue weighted by Crippen LogP contribution is -1.97. The average molecular weight is 261 g/mol. The molecule has 1 N–H and O–H groups in total. The van der Waals surface area contributed by atoms with Crippen LogP contribution in [0.3, 0.4) is 0 Å². The number of hydrogen-bond donors (Lipinski definition) is 1. The van der Waals surface area contributed by atoms with Gasteiger partial charge < -0.3 is 5.11 Å². The molecule has 0 aliphatic carbocycles. The van der Waals surface area contributed by atoms with Crippen molar-refractivity contribution in [3.63, 3.8) is 0 Å². The molecule has 0 fully saturated rings. The summed E-state index contributed by atoms with van der Waals surface area (Å²) < 4.78 is 1.73. The fourth-order valence-corrected chi connectivity index (χ4v) is 2.55. The van der Waals surface area contributed by atoms with Crippen LogP contribution in [0.25, 0.3) is 15.5 Å². The molecule has 0 aromatic carbocycles. The van der Waals surface area contributed by atoms with Crippen molar-refractivity contribution in [2.24, 2.45) is 0 Å². The third kappa shape index (κ3) is 1.63. The summed E-state index contributed by atoms with van der Waals surface area (Å²) >= 11 is 1.39. The van der Waals surface area contributed by atoms with Gasteiger partial charge in [-0.25, -0.2) is 0 Å².